The molecule has 2 aliphatic rings. The highest BCUT2D eigenvalue weighted by Crippen LogP contribution is 2.28. The maximum atomic E-state index is 12.9. The summed E-state index contributed by atoms with van der Waals surface area (Å²) in [7, 11) is 0. The van der Waals surface area contributed by atoms with Crippen molar-refractivity contribution < 1.29 is 4.79 Å². The van der Waals surface area contributed by atoms with Gasteiger partial charge in [0.05, 0.1) is 12.2 Å². The highest BCUT2D eigenvalue weighted by molar-refractivity contribution is 5.76. The third-order valence-electron chi connectivity index (χ3n) is 7.12. The quantitative estimate of drug-likeness (QED) is 0.437. The molecule has 0 radical (unpaired) electrons. The van der Waals surface area contributed by atoms with Gasteiger partial charge in [-0.25, -0.2) is 9.97 Å². The van der Waals surface area contributed by atoms with Gasteiger partial charge in [-0.05, 0) is 19.9 Å². The summed E-state index contributed by atoms with van der Waals surface area (Å²) in [6.07, 6.45) is 13.1. The third kappa shape index (κ3) is 7.16. The van der Waals surface area contributed by atoms with Crippen molar-refractivity contribution in [2.45, 2.75) is 97.9 Å². The zero-order chi connectivity index (χ0) is 22.8. The van der Waals surface area contributed by atoms with E-state index in [0.717, 1.165) is 69.4 Å². The number of likely N-dealkylation sites (N-methyl/N-ethyl adjacent to an activating group) is 1. The molecule has 6 nitrogen and oxygen atoms in total. The van der Waals surface area contributed by atoms with Crippen LogP contribution in [0.5, 0.6) is 0 Å². The van der Waals surface area contributed by atoms with E-state index in [2.05, 4.69) is 28.5 Å². The van der Waals surface area contributed by atoms with Crippen molar-refractivity contribution in [3.05, 3.63) is 17.1 Å². The SMILES string of the molecule is CCCCCCCCCCCC(=O)N1CCc2nc(C)nc(N3CCN(CC)CC3)c2C1. The van der Waals surface area contributed by atoms with E-state index in [1.807, 2.05) is 6.92 Å². The van der Waals surface area contributed by atoms with Crippen LogP contribution in [0.2, 0.25) is 0 Å². The van der Waals surface area contributed by atoms with E-state index in [1.54, 1.807) is 0 Å². The van der Waals surface area contributed by atoms with Gasteiger partial charge >= 0.3 is 0 Å². The predicted molar refractivity (Wildman–Crippen MR) is 132 cm³/mol. The van der Waals surface area contributed by atoms with Gasteiger partial charge in [0, 0.05) is 51.1 Å². The predicted octanol–water partition coefficient (Wildman–Crippen LogP) is 4.73. The zero-order valence-corrected chi connectivity index (χ0v) is 20.9. The summed E-state index contributed by atoms with van der Waals surface area (Å²) in [5, 5.41) is 0. The number of anilines is 1. The number of hydrogen-bond donors (Lipinski definition) is 0. The molecule has 0 N–H and O–H groups in total. The lowest BCUT2D eigenvalue weighted by Gasteiger charge is -2.37. The molecule has 3 rings (SSSR count). The Hall–Kier alpha value is -1.69. The van der Waals surface area contributed by atoms with Crippen LogP contribution in [0, 0.1) is 6.92 Å². The number of nitrogens with zero attached hydrogens (tertiary/aromatic N) is 5. The fourth-order valence-corrected chi connectivity index (χ4v) is 5.01. The van der Waals surface area contributed by atoms with E-state index < -0.39 is 0 Å². The molecular weight excluding hydrogens is 398 g/mol. The molecule has 0 unspecified atom stereocenters. The summed E-state index contributed by atoms with van der Waals surface area (Å²) in [5.74, 6) is 2.23. The zero-order valence-electron chi connectivity index (χ0n) is 20.9. The summed E-state index contributed by atoms with van der Waals surface area (Å²) < 4.78 is 0. The highest BCUT2D eigenvalue weighted by Gasteiger charge is 2.28. The van der Waals surface area contributed by atoms with Gasteiger partial charge < -0.3 is 14.7 Å². The number of fused-ring (bicyclic) bond motifs is 1. The number of aromatic nitrogens is 2. The molecule has 0 bridgehead atoms. The van der Waals surface area contributed by atoms with Gasteiger partial charge in [0.2, 0.25) is 5.91 Å². The number of amides is 1. The van der Waals surface area contributed by atoms with Crippen LogP contribution in [-0.2, 0) is 17.8 Å². The Morgan fingerprint density at radius 2 is 1.50 bits per heavy atom. The van der Waals surface area contributed by atoms with Crippen LogP contribution in [0.3, 0.4) is 0 Å². The summed E-state index contributed by atoms with van der Waals surface area (Å²) in [6, 6.07) is 0. The number of piperazine rings is 1. The Balaban J connectivity index is 1.47. The van der Waals surface area contributed by atoms with Crippen molar-refractivity contribution in [3.63, 3.8) is 0 Å². The average Bonchev–Trinajstić information content (AvgIpc) is 2.82. The lowest BCUT2D eigenvalue weighted by molar-refractivity contribution is -0.132. The Kier molecular flexibility index (Phi) is 10.2. The smallest absolute Gasteiger partial charge is 0.222 e. The first-order valence-electron chi connectivity index (χ1n) is 13.2. The fraction of sp³-hybridized carbons (Fsp3) is 0.808. The van der Waals surface area contributed by atoms with Crippen LogP contribution in [0.4, 0.5) is 5.82 Å². The van der Waals surface area contributed by atoms with Gasteiger partial charge in [0.1, 0.15) is 11.6 Å². The van der Waals surface area contributed by atoms with Gasteiger partial charge in [-0.15, -0.1) is 0 Å². The van der Waals surface area contributed by atoms with Crippen LogP contribution in [0.25, 0.3) is 0 Å². The number of aryl methyl sites for hydroxylation is 1. The maximum absolute atomic E-state index is 12.9. The molecule has 0 spiro atoms. The summed E-state index contributed by atoms with van der Waals surface area (Å²) in [6.45, 7) is 13.2. The van der Waals surface area contributed by atoms with Crippen LogP contribution in [0.15, 0.2) is 0 Å². The van der Waals surface area contributed by atoms with Crippen LogP contribution in [0.1, 0.15) is 95.1 Å². The first kappa shape index (κ1) is 24.9. The second-order valence-electron chi connectivity index (χ2n) is 9.58. The standard InChI is InChI=1S/C26H45N5O/c1-4-6-7-8-9-10-11-12-13-14-25(32)31-16-15-24-23(21-31)26(28-22(3)27-24)30-19-17-29(5-2)18-20-30/h4-21H2,1-3H3. The number of rotatable bonds is 12. The topological polar surface area (TPSA) is 52.6 Å². The summed E-state index contributed by atoms with van der Waals surface area (Å²) >= 11 is 0. The van der Waals surface area contributed by atoms with E-state index in [1.165, 1.54) is 56.9 Å². The lowest BCUT2D eigenvalue weighted by atomic mass is 10.0. The minimum absolute atomic E-state index is 0.306. The molecule has 1 aromatic rings. The molecule has 1 aromatic heterocycles. The van der Waals surface area contributed by atoms with E-state index in [0.29, 0.717) is 18.9 Å². The minimum atomic E-state index is 0.306. The average molecular weight is 444 g/mol. The van der Waals surface area contributed by atoms with Crippen LogP contribution >= 0.6 is 0 Å². The van der Waals surface area contributed by atoms with E-state index in [4.69, 9.17) is 9.97 Å². The molecule has 2 aliphatic heterocycles. The van der Waals surface area contributed by atoms with Gasteiger partial charge in [-0.3, -0.25) is 4.79 Å². The van der Waals surface area contributed by atoms with Crippen molar-refractivity contribution in [2.24, 2.45) is 0 Å². The van der Waals surface area contributed by atoms with Crippen LogP contribution < -0.4 is 4.90 Å². The van der Waals surface area contributed by atoms with Crippen molar-refractivity contribution in [2.75, 3.05) is 44.2 Å². The molecule has 1 saturated heterocycles. The number of carbonyl (C=O) groups is 1. The second-order valence-corrected chi connectivity index (χ2v) is 9.58. The summed E-state index contributed by atoms with van der Waals surface area (Å²) in [5.41, 5.74) is 2.34. The van der Waals surface area contributed by atoms with Crippen molar-refractivity contribution >= 4 is 11.7 Å². The van der Waals surface area contributed by atoms with Crippen molar-refractivity contribution in [1.82, 2.24) is 19.8 Å². The monoisotopic (exact) mass is 443 g/mol. The van der Waals surface area contributed by atoms with Crippen molar-refractivity contribution in [1.29, 1.82) is 0 Å². The Labute approximate surface area is 195 Å². The van der Waals surface area contributed by atoms with Crippen molar-refractivity contribution in [3.8, 4) is 0 Å². The molecule has 1 fully saturated rings. The number of hydrogen-bond acceptors (Lipinski definition) is 5. The summed E-state index contributed by atoms with van der Waals surface area (Å²) in [4.78, 5) is 29.4. The van der Waals surface area contributed by atoms with Gasteiger partial charge in [0.15, 0.2) is 0 Å². The molecule has 0 saturated carbocycles. The molecule has 0 aromatic carbocycles. The molecule has 0 aliphatic carbocycles. The van der Waals surface area contributed by atoms with Gasteiger partial charge in [-0.1, -0.05) is 65.2 Å². The lowest BCUT2D eigenvalue weighted by Crippen LogP contribution is -2.47. The fourth-order valence-electron chi connectivity index (χ4n) is 5.01. The van der Waals surface area contributed by atoms with E-state index in [-0.39, 0.29) is 0 Å². The molecular formula is C26H45N5O. The molecule has 180 valence electrons. The maximum Gasteiger partial charge on any atom is 0.222 e. The molecule has 32 heavy (non-hydrogen) atoms. The first-order chi connectivity index (χ1) is 15.6. The second kappa shape index (κ2) is 13.1. The molecule has 6 heteroatoms. The van der Waals surface area contributed by atoms with Gasteiger partial charge in [-0.2, -0.15) is 0 Å². The van der Waals surface area contributed by atoms with E-state index >= 15 is 0 Å². The van der Waals surface area contributed by atoms with E-state index in [9.17, 15) is 4.79 Å². The largest absolute Gasteiger partial charge is 0.354 e. The Morgan fingerprint density at radius 1 is 0.844 bits per heavy atom. The third-order valence-corrected chi connectivity index (χ3v) is 7.12. The van der Waals surface area contributed by atoms with Gasteiger partial charge in [0.25, 0.3) is 0 Å². The molecule has 3 heterocycles. The Bertz CT molecular complexity index is 714. The highest BCUT2D eigenvalue weighted by atomic mass is 16.2. The number of unbranched alkanes of at least 4 members (excludes halogenated alkanes) is 8. The Morgan fingerprint density at radius 3 is 2.16 bits per heavy atom. The minimum Gasteiger partial charge on any atom is -0.354 e. The van der Waals surface area contributed by atoms with Crippen LogP contribution in [-0.4, -0.2) is 64.9 Å². The number of carbonyl (C=O) groups excluding carboxylic acids is 1. The first-order valence-corrected chi connectivity index (χ1v) is 13.2. The molecule has 0 atom stereocenters. The normalized spacial score (nSPS) is 17.0. The molecule has 1 amide bonds.